The number of hydrogen-bond donors (Lipinski definition) is 1. The first-order valence-corrected chi connectivity index (χ1v) is 9.25. The zero-order valence-corrected chi connectivity index (χ0v) is 15.8. The van der Waals surface area contributed by atoms with Gasteiger partial charge in [0.05, 0.1) is 17.0 Å². The summed E-state index contributed by atoms with van der Waals surface area (Å²) in [5, 5.41) is 15.8. The maximum absolute atomic E-state index is 12.7. The minimum Gasteiger partial charge on any atom is -0.316 e. The maximum Gasteiger partial charge on any atom is 0.292 e. The molecule has 0 aliphatic carbocycles. The highest BCUT2D eigenvalue weighted by Gasteiger charge is 2.16. The number of nitrogens with one attached hydrogen (secondary N) is 1. The van der Waals surface area contributed by atoms with Crippen LogP contribution in [0.2, 0.25) is 0 Å². The molecule has 0 aliphatic heterocycles. The third-order valence-electron chi connectivity index (χ3n) is 4.82. The number of amides is 1. The number of aromatic nitrogens is 1. The lowest BCUT2D eigenvalue weighted by atomic mass is 10.0. The number of benzene rings is 3. The van der Waals surface area contributed by atoms with Crippen molar-refractivity contribution < 1.29 is 9.72 Å². The van der Waals surface area contributed by atoms with Crippen molar-refractivity contribution in [2.75, 3.05) is 5.32 Å². The lowest BCUT2D eigenvalue weighted by Gasteiger charge is -2.11. The zero-order chi connectivity index (χ0) is 21.1. The molecule has 0 radical (unpaired) electrons. The summed E-state index contributed by atoms with van der Waals surface area (Å²) in [7, 11) is 0. The van der Waals surface area contributed by atoms with Crippen molar-refractivity contribution in [3.05, 3.63) is 117 Å². The molecule has 1 aromatic heterocycles. The molecule has 0 unspecified atom stereocenters. The molecule has 1 amide bonds. The number of pyridine rings is 1. The van der Waals surface area contributed by atoms with Crippen molar-refractivity contribution in [2.24, 2.45) is 0 Å². The van der Waals surface area contributed by atoms with E-state index in [-0.39, 0.29) is 22.5 Å². The van der Waals surface area contributed by atoms with Gasteiger partial charge >= 0.3 is 0 Å². The van der Waals surface area contributed by atoms with E-state index in [4.69, 9.17) is 0 Å². The molecule has 0 saturated carbocycles. The second-order valence-electron chi connectivity index (χ2n) is 6.75. The summed E-state index contributed by atoms with van der Waals surface area (Å²) < 4.78 is 1.45. The van der Waals surface area contributed by atoms with Crippen LogP contribution in [0.25, 0.3) is 10.8 Å². The lowest BCUT2D eigenvalue weighted by Crippen LogP contribution is -2.22. The maximum atomic E-state index is 12.7. The van der Waals surface area contributed by atoms with Crippen LogP contribution >= 0.6 is 0 Å². The Morgan fingerprint density at radius 3 is 2.50 bits per heavy atom. The molecule has 7 nitrogen and oxygen atoms in total. The number of carbonyl (C=O) groups excluding carboxylic acids is 1. The summed E-state index contributed by atoms with van der Waals surface area (Å²) in [6.07, 6.45) is 1.47. The molecule has 1 heterocycles. The third kappa shape index (κ3) is 3.81. The molecule has 30 heavy (non-hydrogen) atoms. The number of nitrogens with zero attached hydrogens (tertiary/aromatic N) is 2. The largest absolute Gasteiger partial charge is 0.316 e. The van der Waals surface area contributed by atoms with Gasteiger partial charge in [-0.3, -0.25) is 19.7 Å². The molecule has 0 spiro atoms. The van der Waals surface area contributed by atoms with Crippen LogP contribution in [0.5, 0.6) is 0 Å². The average Bonchev–Trinajstić information content (AvgIpc) is 2.75. The van der Waals surface area contributed by atoms with Crippen LogP contribution < -0.4 is 10.9 Å². The van der Waals surface area contributed by atoms with Crippen LogP contribution in [0.4, 0.5) is 11.4 Å². The quantitative estimate of drug-likeness (QED) is 0.402. The van der Waals surface area contributed by atoms with E-state index < -0.39 is 10.8 Å². The van der Waals surface area contributed by atoms with E-state index in [1.54, 1.807) is 6.07 Å². The van der Waals surface area contributed by atoms with Crippen LogP contribution in [0.1, 0.15) is 15.9 Å². The highest BCUT2D eigenvalue weighted by molar-refractivity contribution is 6.05. The molecular formula is C23H17N3O4. The molecule has 0 aliphatic rings. The van der Waals surface area contributed by atoms with Crippen molar-refractivity contribution in [3.63, 3.8) is 0 Å². The SMILES string of the molecule is O=C(Nc1ccccc1[N+](=O)[O-])c1ccc(=O)n(Cc2cccc3ccccc23)c1. The van der Waals surface area contributed by atoms with Crippen molar-refractivity contribution >= 4 is 28.1 Å². The molecular weight excluding hydrogens is 382 g/mol. The fraction of sp³-hybridized carbons (Fsp3) is 0.0435. The monoisotopic (exact) mass is 399 g/mol. The van der Waals surface area contributed by atoms with E-state index in [0.717, 1.165) is 16.3 Å². The Balaban J connectivity index is 1.64. The summed E-state index contributed by atoms with van der Waals surface area (Å²) in [4.78, 5) is 35.6. The zero-order valence-electron chi connectivity index (χ0n) is 15.8. The molecule has 7 heteroatoms. The first kappa shape index (κ1) is 19.1. The van der Waals surface area contributed by atoms with Gasteiger partial charge in [0.25, 0.3) is 17.2 Å². The Morgan fingerprint density at radius 2 is 1.67 bits per heavy atom. The highest BCUT2D eigenvalue weighted by Crippen LogP contribution is 2.24. The van der Waals surface area contributed by atoms with Gasteiger partial charge in [-0.05, 0) is 28.5 Å². The second kappa shape index (κ2) is 8.00. The first-order chi connectivity index (χ1) is 14.5. The molecule has 148 valence electrons. The standard InChI is InChI=1S/C23H17N3O4/c27-22-13-12-18(23(28)24-20-10-3-4-11-21(20)26(29)30)15-25(22)14-17-8-5-7-16-6-1-2-9-19(16)17/h1-13,15H,14H2,(H,24,28). The van der Waals surface area contributed by atoms with Crippen molar-refractivity contribution in [1.82, 2.24) is 4.57 Å². The highest BCUT2D eigenvalue weighted by atomic mass is 16.6. The van der Waals surface area contributed by atoms with Gasteiger partial charge in [-0.15, -0.1) is 0 Å². The topological polar surface area (TPSA) is 94.2 Å². The van der Waals surface area contributed by atoms with E-state index in [9.17, 15) is 19.7 Å². The number of hydrogen-bond acceptors (Lipinski definition) is 4. The number of nitro benzene ring substituents is 1. The Kier molecular flexibility index (Phi) is 5.09. The summed E-state index contributed by atoms with van der Waals surface area (Å²) in [6.45, 7) is 0.298. The van der Waals surface area contributed by atoms with Crippen LogP contribution in [-0.2, 0) is 6.54 Å². The van der Waals surface area contributed by atoms with Gasteiger partial charge in [-0.1, -0.05) is 54.6 Å². The van der Waals surface area contributed by atoms with Crippen molar-refractivity contribution in [1.29, 1.82) is 0 Å². The molecule has 4 aromatic rings. The predicted octanol–water partition coefficient (Wildman–Crippen LogP) is 4.21. The number of carbonyl (C=O) groups is 1. The minimum atomic E-state index is -0.558. The van der Waals surface area contributed by atoms with E-state index in [0.29, 0.717) is 6.54 Å². The van der Waals surface area contributed by atoms with Gasteiger partial charge in [0.15, 0.2) is 0 Å². The predicted molar refractivity (Wildman–Crippen MR) is 115 cm³/mol. The Bertz CT molecular complexity index is 1320. The molecule has 0 fully saturated rings. The van der Waals surface area contributed by atoms with Gasteiger partial charge < -0.3 is 9.88 Å². The number of para-hydroxylation sites is 2. The molecule has 0 atom stereocenters. The molecule has 4 rings (SSSR count). The summed E-state index contributed by atoms with van der Waals surface area (Å²) in [5.41, 5.74) is 0.832. The lowest BCUT2D eigenvalue weighted by molar-refractivity contribution is -0.383. The Morgan fingerprint density at radius 1 is 0.933 bits per heavy atom. The van der Waals surface area contributed by atoms with E-state index in [2.05, 4.69) is 5.32 Å². The number of anilines is 1. The summed E-state index contributed by atoms with van der Waals surface area (Å²) >= 11 is 0. The number of fused-ring (bicyclic) bond motifs is 1. The summed E-state index contributed by atoms with van der Waals surface area (Å²) in [5.74, 6) is -0.532. The van der Waals surface area contributed by atoms with Crippen LogP contribution in [0.3, 0.4) is 0 Å². The van der Waals surface area contributed by atoms with Gasteiger partial charge in [0.2, 0.25) is 0 Å². The van der Waals surface area contributed by atoms with E-state index >= 15 is 0 Å². The van der Waals surface area contributed by atoms with Crippen LogP contribution in [0.15, 0.2) is 89.9 Å². The normalized spacial score (nSPS) is 10.7. The fourth-order valence-corrected chi connectivity index (χ4v) is 3.34. The smallest absolute Gasteiger partial charge is 0.292 e. The Labute approximate surface area is 171 Å². The average molecular weight is 399 g/mol. The Hall–Kier alpha value is -4.26. The van der Waals surface area contributed by atoms with E-state index in [1.165, 1.54) is 41.1 Å². The third-order valence-corrected chi connectivity index (χ3v) is 4.82. The minimum absolute atomic E-state index is 0.0966. The van der Waals surface area contributed by atoms with Crippen LogP contribution in [0, 0.1) is 10.1 Å². The molecule has 0 saturated heterocycles. The van der Waals surface area contributed by atoms with Crippen molar-refractivity contribution in [3.8, 4) is 0 Å². The van der Waals surface area contributed by atoms with Gasteiger partial charge in [0.1, 0.15) is 5.69 Å². The number of nitro groups is 1. The summed E-state index contributed by atoms with van der Waals surface area (Å²) in [6, 6.07) is 22.4. The van der Waals surface area contributed by atoms with Gasteiger partial charge in [0, 0.05) is 18.3 Å². The molecule has 0 bridgehead atoms. The molecule has 3 aromatic carbocycles. The fourth-order valence-electron chi connectivity index (χ4n) is 3.34. The second-order valence-corrected chi connectivity index (χ2v) is 6.75. The van der Waals surface area contributed by atoms with Crippen LogP contribution in [-0.4, -0.2) is 15.4 Å². The first-order valence-electron chi connectivity index (χ1n) is 9.25. The van der Waals surface area contributed by atoms with Crippen molar-refractivity contribution in [2.45, 2.75) is 6.54 Å². The molecule has 1 N–H and O–H groups in total. The van der Waals surface area contributed by atoms with E-state index in [1.807, 2.05) is 42.5 Å². The van der Waals surface area contributed by atoms with Gasteiger partial charge in [-0.25, -0.2) is 0 Å². The van der Waals surface area contributed by atoms with Gasteiger partial charge in [-0.2, -0.15) is 0 Å². The number of rotatable bonds is 5.